The van der Waals surface area contributed by atoms with Crippen molar-refractivity contribution in [1.82, 2.24) is 15.4 Å². The van der Waals surface area contributed by atoms with Crippen molar-refractivity contribution >= 4 is 5.91 Å². The highest BCUT2D eigenvalue weighted by atomic mass is 16.5. The zero-order chi connectivity index (χ0) is 14.5. The van der Waals surface area contributed by atoms with E-state index in [4.69, 9.17) is 4.52 Å². The number of nitrogens with zero attached hydrogens (tertiary/aromatic N) is 2. The van der Waals surface area contributed by atoms with Gasteiger partial charge in [-0.15, -0.1) is 0 Å². The number of amides is 1. The molecule has 1 N–H and O–H groups in total. The first-order chi connectivity index (χ1) is 9.67. The van der Waals surface area contributed by atoms with Crippen LogP contribution in [0.5, 0.6) is 0 Å². The molecule has 1 fully saturated rings. The zero-order valence-corrected chi connectivity index (χ0v) is 12.7. The highest BCUT2D eigenvalue weighted by molar-refractivity contribution is 5.96. The summed E-state index contributed by atoms with van der Waals surface area (Å²) in [6.07, 6.45) is 4.40. The van der Waals surface area contributed by atoms with Crippen molar-refractivity contribution in [3.63, 3.8) is 0 Å². The third-order valence-electron chi connectivity index (χ3n) is 4.15. The van der Waals surface area contributed by atoms with E-state index in [1.807, 2.05) is 6.92 Å². The minimum Gasteiger partial charge on any atom is -0.361 e. The smallest absolute Gasteiger partial charge is 0.256 e. The van der Waals surface area contributed by atoms with E-state index in [0.29, 0.717) is 30.3 Å². The van der Waals surface area contributed by atoms with Crippen LogP contribution in [0, 0.1) is 6.92 Å². The van der Waals surface area contributed by atoms with Crippen molar-refractivity contribution < 1.29 is 9.32 Å². The van der Waals surface area contributed by atoms with Crippen molar-refractivity contribution in [2.24, 2.45) is 0 Å². The summed E-state index contributed by atoms with van der Waals surface area (Å²) in [6, 6.07) is 0.461. The van der Waals surface area contributed by atoms with E-state index in [2.05, 4.69) is 22.3 Å². The summed E-state index contributed by atoms with van der Waals surface area (Å²) in [4.78, 5) is 14.8. The second-order valence-corrected chi connectivity index (χ2v) is 5.40. The number of likely N-dealkylation sites (tertiary alicyclic amines) is 1. The molecule has 1 amide bonds. The predicted octanol–water partition coefficient (Wildman–Crippen LogP) is 2.15. The molecule has 1 atom stereocenters. The van der Waals surface area contributed by atoms with Gasteiger partial charge in [0.1, 0.15) is 11.3 Å². The average molecular weight is 279 g/mol. The Balaban J connectivity index is 1.96. The molecule has 112 valence electrons. The Labute approximate surface area is 120 Å². The first kappa shape index (κ1) is 15.0. The van der Waals surface area contributed by atoms with Gasteiger partial charge in [0.05, 0.1) is 5.69 Å². The number of rotatable bonds is 5. The van der Waals surface area contributed by atoms with Gasteiger partial charge >= 0.3 is 0 Å². The Bertz CT molecular complexity index is 456. The van der Waals surface area contributed by atoms with Gasteiger partial charge in [-0.25, -0.2) is 0 Å². The first-order valence-electron chi connectivity index (χ1n) is 7.64. The monoisotopic (exact) mass is 279 g/mol. The van der Waals surface area contributed by atoms with E-state index in [0.717, 1.165) is 25.2 Å². The van der Waals surface area contributed by atoms with Crippen LogP contribution >= 0.6 is 0 Å². The van der Waals surface area contributed by atoms with Gasteiger partial charge in [-0.3, -0.25) is 9.69 Å². The minimum atomic E-state index is -0.0535. The lowest BCUT2D eigenvalue weighted by Crippen LogP contribution is -2.46. The lowest BCUT2D eigenvalue weighted by Gasteiger charge is -2.34. The molecule has 1 unspecified atom stereocenters. The standard InChI is InChI=1S/C15H25N3O2/c1-4-13-14(11(3)20-17-13)15(19)16-10-12-8-6-7-9-18(12)5-2/h12H,4-10H2,1-3H3,(H,16,19). The number of hydrogen-bond donors (Lipinski definition) is 1. The topological polar surface area (TPSA) is 58.4 Å². The molecule has 2 heterocycles. The fraction of sp³-hybridized carbons (Fsp3) is 0.733. The Kier molecular flexibility index (Phi) is 5.17. The van der Waals surface area contributed by atoms with Gasteiger partial charge in [-0.05, 0) is 39.3 Å². The van der Waals surface area contributed by atoms with Gasteiger partial charge in [0, 0.05) is 12.6 Å². The van der Waals surface area contributed by atoms with E-state index >= 15 is 0 Å². The van der Waals surface area contributed by atoms with Gasteiger partial charge in [0.25, 0.3) is 5.91 Å². The van der Waals surface area contributed by atoms with Crippen LogP contribution in [0.25, 0.3) is 0 Å². The molecule has 1 aromatic heterocycles. The second kappa shape index (κ2) is 6.88. The van der Waals surface area contributed by atoms with Crippen LogP contribution in [-0.2, 0) is 6.42 Å². The van der Waals surface area contributed by atoms with Crippen LogP contribution in [0.3, 0.4) is 0 Å². The van der Waals surface area contributed by atoms with Crippen molar-refractivity contribution in [3.05, 3.63) is 17.0 Å². The van der Waals surface area contributed by atoms with Crippen LogP contribution in [-0.4, -0.2) is 41.6 Å². The number of nitrogens with one attached hydrogen (secondary N) is 1. The summed E-state index contributed by atoms with van der Waals surface area (Å²) in [5, 5.41) is 6.99. The molecule has 2 rings (SSSR count). The van der Waals surface area contributed by atoms with Crippen molar-refractivity contribution in [1.29, 1.82) is 0 Å². The maximum atomic E-state index is 12.3. The second-order valence-electron chi connectivity index (χ2n) is 5.40. The normalized spacial score (nSPS) is 20.1. The maximum absolute atomic E-state index is 12.3. The lowest BCUT2D eigenvalue weighted by molar-refractivity contribution is 0.0915. The quantitative estimate of drug-likeness (QED) is 0.897. The van der Waals surface area contributed by atoms with Crippen molar-refractivity contribution in [2.75, 3.05) is 19.6 Å². The molecule has 20 heavy (non-hydrogen) atoms. The number of carbonyl (C=O) groups is 1. The van der Waals surface area contributed by atoms with Gasteiger partial charge < -0.3 is 9.84 Å². The van der Waals surface area contributed by atoms with E-state index in [-0.39, 0.29) is 5.91 Å². The lowest BCUT2D eigenvalue weighted by atomic mass is 10.0. The van der Waals surface area contributed by atoms with E-state index in [9.17, 15) is 4.79 Å². The molecule has 1 saturated heterocycles. The molecule has 0 saturated carbocycles. The molecule has 0 spiro atoms. The van der Waals surface area contributed by atoms with Gasteiger partial charge in [0.2, 0.25) is 0 Å². The van der Waals surface area contributed by atoms with E-state index in [1.165, 1.54) is 12.8 Å². The van der Waals surface area contributed by atoms with Crippen LogP contribution < -0.4 is 5.32 Å². The molecule has 1 aliphatic rings. The minimum absolute atomic E-state index is 0.0535. The first-order valence-corrected chi connectivity index (χ1v) is 7.64. The van der Waals surface area contributed by atoms with Crippen LogP contribution in [0.4, 0.5) is 0 Å². The third kappa shape index (κ3) is 3.20. The van der Waals surface area contributed by atoms with E-state index < -0.39 is 0 Å². The number of carbonyl (C=O) groups excluding carboxylic acids is 1. The molecule has 0 radical (unpaired) electrons. The molecule has 1 aliphatic heterocycles. The summed E-state index contributed by atoms with van der Waals surface area (Å²) < 4.78 is 5.12. The summed E-state index contributed by atoms with van der Waals surface area (Å²) in [6.45, 7) is 8.85. The number of aromatic nitrogens is 1. The molecule has 5 heteroatoms. The molecule has 0 bridgehead atoms. The molecule has 1 aromatic rings. The Morgan fingerprint density at radius 1 is 1.45 bits per heavy atom. The van der Waals surface area contributed by atoms with Crippen LogP contribution in [0.15, 0.2) is 4.52 Å². The number of likely N-dealkylation sites (N-methyl/N-ethyl adjacent to an activating group) is 1. The Hall–Kier alpha value is -1.36. The average Bonchev–Trinajstić information content (AvgIpc) is 2.86. The van der Waals surface area contributed by atoms with E-state index in [1.54, 1.807) is 6.92 Å². The van der Waals surface area contributed by atoms with Crippen molar-refractivity contribution in [3.8, 4) is 0 Å². The van der Waals surface area contributed by atoms with Gasteiger partial charge in [-0.1, -0.05) is 25.4 Å². The molecular weight excluding hydrogens is 254 g/mol. The number of piperidine rings is 1. The summed E-state index contributed by atoms with van der Waals surface area (Å²) >= 11 is 0. The predicted molar refractivity (Wildman–Crippen MR) is 77.8 cm³/mol. The molecule has 0 aliphatic carbocycles. The van der Waals surface area contributed by atoms with Gasteiger partial charge in [-0.2, -0.15) is 0 Å². The number of aryl methyl sites for hydroxylation is 2. The fourth-order valence-electron chi connectivity index (χ4n) is 2.96. The van der Waals surface area contributed by atoms with Crippen LogP contribution in [0.2, 0.25) is 0 Å². The fourth-order valence-corrected chi connectivity index (χ4v) is 2.96. The van der Waals surface area contributed by atoms with Crippen molar-refractivity contribution in [2.45, 2.75) is 52.5 Å². The molecular formula is C15H25N3O2. The maximum Gasteiger partial charge on any atom is 0.256 e. The van der Waals surface area contributed by atoms with Gasteiger partial charge in [0.15, 0.2) is 0 Å². The highest BCUT2D eigenvalue weighted by Crippen LogP contribution is 2.17. The highest BCUT2D eigenvalue weighted by Gasteiger charge is 2.23. The summed E-state index contributed by atoms with van der Waals surface area (Å²) in [5.41, 5.74) is 1.36. The summed E-state index contributed by atoms with van der Waals surface area (Å²) in [5.74, 6) is 0.553. The third-order valence-corrected chi connectivity index (χ3v) is 4.15. The number of hydrogen-bond acceptors (Lipinski definition) is 4. The molecule has 5 nitrogen and oxygen atoms in total. The zero-order valence-electron chi connectivity index (χ0n) is 12.7. The van der Waals surface area contributed by atoms with Crippen LogP contribution in [0.1, 0.15) is 54.9 Å². The molecule has 0 aromatic carbocycles. The Morgan fingerprint density at radius 2 is 2.25 bits per heavy atom. The SMILES string of the molecule is CCc1noc(C)c1C(=O)NCC1CCCCN1CC. The Morgan fingerprint density at radius 3 is 2.95 bits per heavy atom. The largest absolute Gasteiger partial charge is 0.361 e. The summed E-state index contributed by atoms with van der Waals surface area (Å²) in [7, 11) is 0.